The Bertz CT molecular complexity index is 536. The first kappa shape index (κ1) is 17.8. The van der Waals surface area contributed by atoms with Crippen LogP contribution in [-0.4, -0.2) is 43.1 Å². The van der Waals surface area contributed by atoms with E-state index in [4.69, 9.17) is 5.73 Å². The third-order valence-electron chi connectivity index (χ3n) is 4.87. The van der Waals surface area contributed by atoms with Crippen molar-refractivity contribution in [3.8, 4) is 0 Å². The number of aryl methyl sites for hydroxylation is 1. The number of rotatable bonds is 6. The standard InChI is InChI=1S/C19H32N4/c1-5-23-11-7-10-17(23)13-21-18(20)22-14-19(3,4)16-9-6-8-15(2)12-16/h6,8-9,12,17H,5,7,10-11,13-14H2,1-4H3,(H3,20,21,22). The fourth-order valence-electron chi connectivity index (χ4n) is 3.26. The summed E-state index contributed by atoms with van der Waals surface area (Å²) in [5.74, 6) is 0.564. The predicted molar refractivity (Wildman–Crippen MR) is 99.0 cm³/mol. The highest BCUT2D eigenvalue weighted by Gasteiger charge is 2.23. The molecule has 1 unspecified atom stereocenters. The summed E-state index contributed by atoms with van der Waals surface area (Å²) in [5, 5.41) is 3.31. The highest BCUT2D eigenvalue weighted by molar-refractivity contribution is 5.77. The summed E-state index contributed by atoms with van der Waals surface area (Å²) >= 11 is 0. The van der Waals surface area contributed by atoms with E-state index in [1.165, 1.54) is 30.5 Å². The van der Waals surface area contributed by atoms with Crippen LogP contribution in [0.15, 0.2) is 29.3 Å². The minimum atomic E-state index is -0.0128. The fourth-order valence-corrected chi connectivity index (χ4v) is 3.26. The molecule has 0 bridgehead atoms. The zero-order valence-electron chi connectivity index (χ0n) is 15.1. The molecule has 1 saturated heterocycles. The molecule has 3 N–H and O–H groups in total. The van der Waals surface area contributed by atoms with Crippen LogP contribution in [0.5, 0.6) is 0 Å². The summed E-state index contributed by atoms with van der Waals surface area (Å²) in [6.45, 7) is 12.7. The lowest BCUT2D eigenvalue weighted by atomic mass is 9.84. The molecule has 0 saturated carbocycles. The normalized spacial score (nSPS) is 20.0. The van der Waals surface area contributed by atoms with Crippen LogP contribution in [0.1, 0.15) is 44.7 Å². The van der Waals surface area contributed by atoms with E-state index in [0.717, 1.165) is 13.1 Å². The highest BCUT2D eigenvalue weighted by atomic mass is 15.2. The van der Waals surface area contributed by atoms with Gasteiger partial charge in [0.25, 0.3) is 0 Å². The maximum Gasteiger partial charge on any atom is 0.188 e. The number of nitrogens with one attached hydrogen (secondary N) is 1. The predicted octanol–water partition coefficient (Wildman–Crippen LogP) is 2.66. The molecule has 0 spiro atoms. The molecule has 1 heterocycles. The molecule has 0 aliphatic carbocycles. The fraction of sp³-hybridized carbons (Fsp3) is 0.632. The number of likely N-dealkylation sites (tertiary alicyclic amines) is 1. The van der Waals surface area contributed by atoms with Crippen LogP contribution < -0.4 is 11.1 Å². The molecule has 4 nitrogen and oxygen atoms in total. The number of hydrogen-bond acceptors (Lipinski definition) is 2. The van der Waals surface area contributed by atoms with Crippen LogP contribution in [0.4, 0.5) is 0 Å². The number of hydrogen-bond donors (Lipinski definition) is 2. The van der Waals surface area contributed by atoms with Gasteiger partial charge >= 0.3 is 0 Å². The van der Waals surface area contributed by atoms with E-state index in [9.17, 15) is 0 Å². The molecule has 1 aliphatic rings. The first-order chi connectivity index (χ1) is 10.9. The van der Waals surface area contributed by atoms with E-state index >= 15 is 0 Å². The van der Waals surface area contributed by atoms with Gasteiger partial charge in [0, 0.05) is 18.0 Å². The Balaban J connectivity index is 1.88. The average Bonchev–Trinajstić information content (AvgIpc) is 2.98. The smallest absolute Gasteiger partial charge is 0.188 e. The summed E-state index contributed by atoms with van der Waals surface area (Å²) in [6.07, 6.45) is 2.54. The summed E-state index contributed by atoms with van der Waals surface area (Å²) in [6, 6.07) is 9.23. The summed E-state index contributed by atoms with van der Waals surface area (Å²) in [7, 11) is 0. The molecule has 1 aliphatic heterocycles. The maximum absolute atomic E-state index is 6.07. The number of nitrogens with two attached hydrogens (primary N) is 1. The Morgan fingerprint density at radius 1 is 1.43 bits per heavy atom. The highest BCUT2D eigenvalue weighted by Crippen LogP contribution is 2.24. The monoisotopic (exact) mass is 316 g/mol. The van der Waals surface area contributed by atoms with Crippen molar-refractivity contribution in [3.05, 3.63) is 35.4 Å². The Morgan fingerprint density at radius 3 is 2.91 bits per heavy atom. The maximum atomic E-state index is 6.07. The Labute approximate surface area is 141 Å². The third kappa shape index (κ3) is 4.96. The molecule has 128 valence electrons. The molecule has 1 fully saturated rings. The van der Waals surface area contributed by atoms with Crippen LogP contribution in [0.25, 0.3) is 0 Å². The van der Waals surface area contributed by atoms with Crippen molar-refractivity contribution in [2.24, 2.45) is 10.7 Å². The molecule has 1 atom stereocenters. The summed E-state index contributed by atoms with van der Waals surface area (Å²) < 4.78 is 0. The van der Waals surface area contributed by atoms with Gasteiger partial charge in [0.05, 0.1) is 6.54 Å². The van der Waals surface area contributed by atoms with Gasteiger partial charge in [-0.25, -0.2) is 0 Å². The van der Waals surface area contributed by atoms with Gasteiger partial charge in [-0.2, -0.15) is 0 Å². The van der Waals surface area contributed by atoms with E-state index in [0.29, 0.717) is 18.5 Å². The number of nitrogens with zero attached hydrogens (tertiary/aromatic N) is 2. The van der Waals surface area contributed by atoms with Crippen molar-refractivity contribution in [2.45, 2.75) is 52.0 Å². The molecular formula is C19H32N4. The van der Waals surface area contributed by atoms with Crippen molar-refractivity contribution in [1.29, 1.82) is 0 Å². The number of benzene rings is 1. The summed E-state index contributed by atoms with van der Waals surface area (Å²) in [5.41, 5.74) is 8.65. The topological polar surface area (TPSA) is 53.6 Å². The van der Waals surface area contributed by atoms with Crippen molar-refractivity contribution >= 4 is 5.96 Å². The lowest BCUT2D eigenvalue weighted by molar-refractivity contribution is 0.267. The van der Waals surface area contributed by atoms with Crippen LogP contribution in [0.3, 0.4) is 0 Å². The first-order valence-corrected chi connectivity index (χ1v) is 8.77. The molecule has 0 radical (unpaired) electrons. The zero-order valence-corrected chi connectivity index (χ0v) is 15.1. The molecule has 0 aromatic heterocycles. The van der Waals surface area contributed by atoms with Gasteiger partial charge in [0.2, 0.25) is 0 Å². The van der Waals surface area contributed by atoms with Crippen LogP contribution in [-0.2, 0) is 5.41 Å². The summed E-state index contributed by atoms with van der Waals surface area (Å²) in [4.78, 5) is 7.09. The second kappa shape index (κ2) is 7.82. The number of likely N-dealkylation sites (N-methyl/N-ethyl adjacent to an activating group) is 1. The van der Waals surface area contributed by atoms with Crippen molar-refractivity contribution in [1.82, 2.24) is 10.2 Å². The SMILES string of the molecule is CCN1CCCC1CNC(N)=NCC(C)(C)c1cccc(C)c1. The second-order valence-corrected chi connectivity index (χ2v) is 7.26. The average molecular weight is 316 g/mol. The first-order valence-electron chi connectivity index (χ1n) is 8.77. The lowest BCUT2D eigenvalue weighted by Crippen LogP contribution is -2.43. The van der Waals surface area contributed by atoms with E-state index in [2.05, 4.69) is 67.2 Å². The molecule has 23 heavy (non-hydrogen) atoms. The minimum Gasteiger partial charge on any atom is -0.370 e. The Morgan fingerprint density at radius 2 is 2.22 bits per heavy atom. The van der Waals surface area contributed by atoms with Gasteiger partial charge in [-0.3, -0.25) is 9.89 Å². The quantitative estimate of drug-likeness (QED) is 0.627. The van der Waals surface area contributed by atoms with Gasteiger partial charge in [-0.05, 0) is 38.4 Å². The number of aliphatic imine (C=N–C) groups is 1. The molecule has 0 amide bonds. The van der Waals surface area contributed by atoms with E-state index < -0.39 is 0 Å². The zero-order chi connectivity index (χ0) is 16.9. The van der Waals surface area contributed by atoms with Crippen molar-refractivity contribution in [2.75, 3.05) is 26.2 Å². The largest absolute Gasteiger partial charge is 0.370 e. The molecule has 1 aromatic rings. The van der Waals surface area contributed by atoms with Gasteiger partial charge in [0.1, 0.15) is 0 Å². The lowest BCUT2D eigenvalue weighted by Gasteiger charge is -2.25. The van der Waals surface area contributed by atoms with E-state index in [-0.39, 0.29) is 5.41 Å². The molecular weight excluding hydrogens is 284 g/mol. The van der Waals surface area contributed by atoms with Crippen LogP contribution >= 0.6 is 0 Å². The van der Waals surface area contributed by atoms with E-state index in [1.54, 1.807) is 0 Å². The number of guanidine groups is 1. The van der Waals surface area contributed by atoms with Gasteiger partial charge in [-0.1, -0.05) is 50.6 Å². The Kier molecular flexibility index (Phi) is 6.05. The van der Waals surface area contributed by atoms with Crippen molar-refractivity contribution in [3.63, 3.8) is 0 Å². The third-order valence-corrected chi connectivity index (χ3v) is 4.87. The van der Waals surface area contributed by atoms with Crippen LogP contribution in [0, 0.1) is 6.92 Å². The Hall–Kier alpha value is -1.55. The molecule has 2 rings (SSSR count). The molecule has 1 aromatic carbocycles. The second-order valence-electron chi connectivity index (χ2n) is 7.26. The van der Waals surface area contributed by atoms with Gasteiger partial charge < -0.3 is 11.1 Å². The molecule has 4 heteroatoms. The van der Waals surface area contributed by atoms with Gasteiger partial charge in [0.15, 0.2) is 5.96 Å². The van der Waals surface area contributed by atoms with Crippen LogP contribution in [0.2, 0.25) is 0 Å². The minimum absolute atomic E-state index is 0.0128. The van der Waals surface area contributed by atoms with Crippen molar-refractivity contribution < 1.29 is 0 Å². The van der Waals surface area contributed by atoms with E-state index in [1.807, 2.05) is 0 Å². The van der Waals surface area contributed by atoms with Gasteiger partial charge in [-0.15, -0.1) is 0 Å².